The predicted molar refractivity (Wildman–Crippen MR) is 63.3 cm³/mol. The molecule has 0 aliphatic carbocycles. The molecule has 2 heterocycles. The number of pyridine rings is 1. The number of piperidine rings is 1. The molecule has 0 unspecified atom stereocenters. The van der Waals surface area contributed by atoms with Crippen molar-refractivity contribution in [2.75, 3.05) is 11.9 Å². The number of rotatable bonds is 2. The highest BCUT2D eigenvalue weighted by atomic mass is 19.4. The molecule has 0 spiro atoms. The molecule has 7 heteroatoms. The molecular formula is C12H15F4N3. The molecule has 0 radical (unpaired) electrons. The van der Waals surface area contributed by atoms with E-state index in [-0.39, 0.29) is 17.9 Å². The third-order valence-corrected chi connectivity index (χ3v) is 3.25. The minimum absolute atomic E-state index is 0.0347. The van der Waals surface area contributed by atoms with Crippen LogP contribution in [0.1, 0.15) is 25.3 Å². The Labute approximate surface area is 108 Å². The number of hydrogen-bond donors (Lipinski definition) is 2. The molecule has 1 aromatic heterocycles. The Morgan fingerprint density at radius 3 is 2.74 bits per heavy atom. The van der Waals surface area contributed by atoms with Gasteiger partial charge < -0.3 is 10.6 Å². The molecule has 1 aliphatic rings. The molecule has 3 nitrogen and oxygen atoms in total. The zero-order valence-corrected chi connectivity index (χ0v) is 10.4. The standard InChI is InChI=1S/C12H15F4N3/c1-7-10(3-2-4-17-7)19-11-9(13)5-8(6-18-11)12(14,15)16/h5-7,10,17H,2-4H2,1H3,(H,18,19)/t7-,10+/m0/s1. The van der Waals surface area contributed by atoms with Gasteiger partial charge >= 0.3 is 6.18 Å². The van der Waals surface area contributed by atoms with Crippen molar-refractivity contribution >= 4 is 5.82 Å². The summed E-state index contributed by atoms with van der Waals surface area (Å²) >= 11 is 0. The minimum atomic E-state index is -4.58. The molecule has 1 aromatic rings. The van der Waals surface area contributed by atoms with Crippen LogP contribution >= 0.6 is 0 Å². The number of halogens is 4. The first-order valence-electron chi connectivity index (χ1n) is 6.10. The molecule has 106 valence electrons. The van der Waals surface area contributed by atoms with Gasteiger partial charge in [-0.05, 0) is 32.4 Å². The second kappa shape index (κ2) is 5.32. The quantitative estimate of drug-likeness (QED) is 0.816. The van der Waals surface area contributed by atoms with Gasteiger partial charge in [0.25, 0.3) is 0 Å². The predicted octanol–water partition coefficient (Wildman–Crippen LogP) is 2.79. The molecule has 0 saturated carbocycles. The van der Waals surface area contributed by atoms with E-state index in [0.29, 0.717) is 12.3 Å². The van der Waals surface area contributed by atoms with Gasteiger partial charge in [-0.3, -0.25) is 0 Å². The highest BCUT2D eigenvalue weighted by Gasteiger charge is 2.32. The molecule has 1 aliphatic heterocycles. The zero-order valence-electron chi connectivity index (χ0n) is 10.4. The molecule has 0 amide bonds. The fourth-order valence-electron chi connectivity index (χ4n) is 2.12. The van der Waals surface area contributed by atoms with Crippen molar-refractivity contribution in [2.24, 2.45) is 0 Å². The number of aromatic nitrogens is 1. The van der Waals surface area contributed by atoms with Crippen LogP contribution in [0, 0.1) is 5.82 Å². The second-order valence-electron chi connectivity index (χ2n) is 4.69. The Morgan fingerprint density at radius 1 is 1.42 bits per heavy atom. The highest BCUT2D eigenvalue weighted by molar-refractivity contribution is 5.39. The van der Waals surface area contributed by atoms with E-state index in [2.05, 4.69) is 15.6 Å². The van der Waals surface area contributed by atoms with Gasteiger partial charge in [0.05, 0.1) is 5.56 Å². The average molecular weight is 277 g/mol. The van der Waals surface area contributed by atoms with Crippen LogP contribution in [0.3, 0.4) is 0 Å². The van der Waals surface area contributed by atoms with Crippen LogP contribution in [-0.4, -0.2) is 23.6 Å². The molecule has 2 N–H and O–H groups in total. The summed E-state index contributed by atoms with van der Waals surface area (Å²) in [7, 11) is 0. The number of anilines is 1. The van der Waals surface area contributed by atoms with E-state index in [1.165, 1.54) is 0 Å². The van der Waals surface area contributed by atoms with Crippen molar-refractivity contribution < 1.29 is 17.6 Å². The summed E-state index contributed by atoms with van der Waals surface area (Å²) in [6.45, 7) is 2.83. The third kappa shape index (κ3) is 3.34. The van der Waals surface area contributed by atoms with E-state index in [9.17, 15) is 17.6 Å². The Kier molecular flexibility index (Phi) is 3.93. The Morgan fingerprint density at radius 2 is 2.16 bits per heavy atom. The number of nitrogens with one attached hydrogen (secondary N) is 2. The van der Waals surface area contributed by atoms with Gasteiger partial charge in [-0.15, -0.1) is 0 Å². The van der Waals surface area contributed by atoms with E-state index >= 15 is 0 Å². The Balaban J connectivity index is 2.13. The lowest BCUT2D eigenvalue weighted by Crippen LogP contribution is -2.46. The van der Waals surface area contributed by atoms with Crippen LogP contribution in [0.4, 0.5) is 23.4 Å². The van der Waals surface area contributed by atoms with Gasteiger partial charge in [0.2, 0.25) is 0 Å². The van der Waals surface area contributed by atoms with Crippen LogP contribution in [0.15, 0.2) is 12.3 Å². The maximum absolute atomic E-state index is 13.6. The topological polar surface area (TPSA) is 37.0 Å². The maximum atomic E-state index is 13.6. The SMILES string of the molecule is C[C@@H]1NCCC[C@H]1Nc1ncc(C(F)(F)F)cc1F. The fourth-order valence-corrected chi connectivity index (χ4v) is 2.12. The lowest BCUT2D eigenvalue weighted by molar-refractivity contribution is -0.138. The first-order chi connectivity index (χ1) is 8.88. The number of nitrogens with zero attached hydrogens (tertiary/aromatic N) is 1. The van der Waals surface area contributed by atoms with E-state index in [0.717, 1.165) is 19.4 Å². The van der Waals surface area contributed by atoms with E-state index in [4.69, 9.17) is 0 Å². The van der Waals surface area contributed by atoms with Crippen LogP contribution in [-0.2, 0) is 6.18 Å². The lowest BCUT2D eigenvalue weighted by Gasteiger charge is -2.31. The fraction of sp³-hybridized carbons (Fsp3) is 0.583. The van der Waals surface area contributed by atoms with Crippen LogP contribution in [0.5, 0.6) is 0 Å². The first kappa shape index (κ1) is 14.0. The van der Waals surface area contributed by atoms with Gasteiger partial charge in [-0.1, -0.05) is 0 Å². The van der Waals surface area contributed by atoms with Crippen molar-refractivity contribution in [2.45, 2.75) is 38.0 Å². The van der Waals surface area contributed by atoms with E-state index in [1.807, 2.05) is 6.92 Å². The molecule has 19 heavy (non-hydrogen) atoms. The summed E-state index contributed by atoms with van der Waals surface area (Å²) in [6.07, 6.45) is -2.17. The van der Waals surface area contributed by atoms with Crippen molar-refractivity contribution in [3.05, 3.63) is 23.6 Å². The van der Waals surface area contributed by atoms with Crippen LogP contribution in [0.25, 0.3) is 0 Å². The van der Waals surface area contributed by atoms with Crippen LogP contribution in [0.2, 0.25) is 0 Å². The van der Waals surface area contributed by atoms with Crippen molar-refractivity contribution in [3.63, 3.8) is 0 Å². The maximum Gasteiger partial charge on any atom is 0.417 e. The zero-order chi connectivity index (χ0) is 14.0. The summed E-state index contributed by atoms with van der Waals surface area (Å²) in [6, 6.07) is 0.556. The number of hydrogen-bond acceptors (Lipinski definition) is 3. The summed E-state index contributed by atoms with van der Waals surface area (Å²) in [5.74, 6) is -1.11. The van der Waals surface area contributed by atoms with Gasteiger partial charge in [-0.2, -0.15) is 13.2 Å². The van der Waals surface area contributed by atoms with E-state index in [1.54, 1.807) is 0 Å². The van der Waals surface area contributed by atoms with Crippen LogP contribution < -0.4 is 10.6 Å². The molecular weight excluding hydrogens is 262 g/mol. The Bertz CT molecular complexity index is 447. The summed E-state index contributed by atoms with van der Waals surface area (Å²) < 4.78 is 50.8. The lowest BCUT2D eigenvalue weighted by atomic mass is 10.00. The summed E-state index contributed by atoms with van der Waals surface area (Å²) in [4.78, 5) is 3.54. The molecule has 1 fully saturated rings. The van der Waals surface area contributed by atoms with Crippen molar-refractivity contribution in [1.82, 2.24) is 10.3 Å². The third-order valence-electron chi connectivity index (χ3n) is 3.25. The largest absolute Gasteiger partial charge is 0.417 e. The van der Waals surface area contributed by atoms with Crippen molar-refractivity contribution in [3.8, 4) is 0 Å². The minimum Gasteiger partial charge on any atom is -0.363 e. The van der Waals surface area contributed by atoms with Gasteiger partial charge in [0.15, 0.2) is 11.6 Å². The molecule has 1 saturated heterocycles. The summed E-state index contributed by atoms with van der Waals surface area (Å²) in [5, 5.41) is 6.08. The Hall–Kier alpha value is -1.37. The molecule has 0 bridgehead atoms. The van der Waals surface area contributed by atoms with Gasteiger partial charge in [0, 0.05) is 18.3 Å². The van der Waals surface area contributed by atoms with E-state index < -0.39 is 17.6 Å². The average Bonchev–Trinajstić information content (AvgIpc) is 2.33. The smallest absolute Gasteiger partial charge is 0.363 e. The monoisotopic (exact) mass is 277 g/mol. The van der Waals surface area contributed by atoms with Gasteiger partial charge in [0.1, 0.15) is 0 Å². The van der Waals surface area contributed by atoms with Gasteiger partial charge in [-0.25, -0.2) is 9.37 Å². The second-order valence-corrected chi connectivity index (χ2v) is 4.69. The first-order valence-corrected chi connectivity index (χ1v) is 6.10. The normalized spacial score (nSPS) is 24.3. The molecule has 2 atom stereocenters. The van der Waals surface area contributed by atoms with Crippen molar-refractivity contribution in [1.29, 1.82) is 0 Å². The molecule has 0 aromatic carbocycles. The summed E-state index contributed by atoms with van der Waals surface area (Å²) in [5.41, 5.74) is -1.08. The highest BCUT2D eigenvalue weighted by Crippen LogP contribution is 2.30. The molecule has 2 rings (SSSR count). The number of alkyl halides is 3.